The highest BCUT2D eigenvalue weighted by atomic mass is 79.9. The Morgan fingerprint density at radius 2 is 2.19 bits per heavy atom. The van der Waals surface area contributed by atoms with Crippen LogP contribution in [-0.2, 0) is 0 Å². The van der Waals surface area contributed by atoms with Crippen LogP contribution in [-0.4, -0.2) is 21.4 Å². The van der Waals surface area contributed by atoms with Gasteiger partial charge in [0.1, 0.15) is 0 Å². The van der Waals surface area contributed by atoms with Crippen molar-refractivity contribution < 1.29 is 9.63 Å². The highest BCUT2D eigenvalue weighted by molar-refractivity contribution is 9.11. The maximum atomic E-state index is 9.43. The summed E-state index contributed by atoms with van der Waals surface area (Å²) in [5.74, 6) is 0.886. The highest BCUT2D eigenvalue weighted by Gasteiger charge is 2.19. The quantitative estimate of drug-likeness (QED) is 0.947. The average Bonchev–Trinajstić information content (AvgIpc) is 2.84. The number of aliphatic hydroxyl groups excluding tert-OH is 1. The van der Waals surface area contributed by atoms with E-state index in [0.29, 0.717) is 11.7 Å². The van der Waals surface area contributed by atoms with Crippen molar-refractivity contribution in [3.05, 3.63) is 21.8 Å². The monoisotopic (exact) mass is 302 g/mol. The Morgan fingerprint density at radius 1 is 1.44 bits per heavy atom. The zero-order valence-electron chi connectivity index (χ0n) is 8.85. The summed E-state index contributed by atoms with van der Waals surface area (Å²) < 4.78 is 6.15. The lowest BCUT2D eigenvalue weighted by molar-refractivity contribution is 0.151. The van der Waals surface area contributed by atoms with Gasteiger partial charge in [-0.3, -0.25) is 0 Å². The first kappa shape index (κ1) is 11.8. The van der Waals surface area contributed by atoms with Crippen molar-refractivity contribution in [1.29, 1.82) is 0 Å². The van der Waals surface area contributed by atoms with E-state index < -0.39 is 6.10 Å². The summed E-state index contributed by atoms with van der Waals surface area (Å²) in [6.45, 7) is 3.56. The first-order chi connectivity index (χ1) is 7.58. The van der Waals surface area contributed by atoms with Crippen molar-refractivity contribution in [3.8, 4) is 10.7 Å². The normalized spacial score (nSPS) is 15.0. The summed E-state index contributed by atoms with van der Waals surface area (Å²) in [6.07, 6.45) is -0.497. The third-order valence-electron chi connectivity index (χ3n) is 2.35. The van der Waals surface area contributed by atoms with Crippen molar-refractivity contribution >= 4 is 27.3 Å². The number of hydrogen-bond acceptors (Lipinski definition) is 5. The highest BCUT2D eigenvalue weighted by Crippen LogP contribution is 2.30. The molecule has 0 aromatic carbocycles. The molecule has 0 aliphatic carbocycles. The molecule has 2 aromatic rings. The molecule has 2 aromatic heterocycles. The average molecular weight is 303 g/mol. The number of hydrogen-bond donors (Lipinski definition) is 1. The molecule has 86 valence electrons. The van der Waals surface area contributed by atoms with E-state index in [2.05, 4.69) is 26.1 Å². The standard InChI is InChI=1S/C10H11BrN2O2S/c1-5(6(2)14)10-12-9(13-15-10)7-3-4-8(11)16-7/h3-6,14H,1-2H3. The maximum absolute atomic E-state index is 9.43. The van der Waals surface area contributed by atoms with Crippen LogP contribution in [0.1, 0.15) is 25.7 Å². The summed E-state index contributed by atoms with van der Waals surface area (Å²) in [5, 5.41) is 13.3. The molecule has 1 N–H and O–H groups in total. The molecule has 16 heavy (non-hydrogen) atoms. The number of nitrogens with zero attached hydrogens (tertiary/aromatic N) is 2. The molecule has 4 nitrogen and oxygen atoms in total. The molecule has 0 radical (unpaired) electrons. The van der Waals surface area contributed by atoms with E-state index in [1.54, 1.807) is 18.3 Å². The van der Waals surface area contributed by atoms with Gasteiger partial charge in [0, 0.05) is 0 Å². The lowest BCUT2D eigenvalue weighted by atomic mass is 10.1. The minimum absolute atomic E-state index is 0.148. The number of aromatic nitrogens is 2. The van der Waals surface area contributed by atoms with Gasteiger partial charge >= 0.3 is 0 Å². The van der Waals surface area contributed by atoms with Gasteiger partial charge in [-0.05, 0) is 35.0 Å². The van der Waals surface area contributed by atoms with E-state index in [4.69, 9.17) is 4.52 Å². The smallest absolute Gasteiger partial charge is 0.232 e. The van der Waals surface area contributed by atoms with Crippen molar-refractivity contribution in [2.24, 2.45) is 0 Å². The largest absolute Gasteiger partial charge is 0.393 e. The van der Waals surface area contributed by atoms with E-state index in [9.17, 15) is 5.11 Å². The van der Waals surface area contributed by atoms with E-state index in [1.807, 2.05) is 19.1 Å². The van der Waals surface area contributed by atoms with E-state index in [0.717, 1.165) is 8.66 Å². The second-order valence-corrected chi connectivity index (χ2v) is 6.05. The van der Waals surface area contributed by atoms with Gasteiger partial charge in [-0.2, -0.15) is 4.98 Å². The van der Waals surface area contributed by atoms with Crippen LogP contribution < -0.4 is 0 Å². The Kier molecular flexibility index (Phi) is 3.41. The van der Waals surface area contributed by atoms with Crippen LogP contribution in [0, 0.1) is 0 Å². The van der Waals surface area contributed by atoms with Crippen LogP contribution in [0.5, 0.6) is 0 Å². The molecule has 0 aliphatic rings. The Balaban J connectivity index is 2.26. The Labute approximate surface area is 105 Å². The zero-order valence-corrected chi connectivity index (χ0v) is 11.2. The van der Waals surface area contributed by atoms with Crippen molar-refractivity contribution in [3.63, 3.8) is 0 Å². The minimum Gasteiger partial charge on any atom is -0.393 e. The van der Waals surface area contributed by atoms with Gasteiger partial charge in [-0.25, -0.2) is 0 Å². The van der Waals surface area contributed by atoms with Gasteiger partial charge in [0.25, 0.3) is 0 Å². The van der Waals surface area contributed by atoms with Crippen LogP contribution in [0.2, 0.25) is 0 Å². The van der Waals surface area contributed by atoms with Crippen LogP contribution in [0.4, 0.5) is 0 Å². The fourth-order valence-electron chi connectivity index (χ4n) is 1.16. The van der Waals surface area contributed by atoms with Crippen LogP contribution >= 0.6 is 27.3 Å². The summed E-state index contributed by atoms with van der Waals surface area (Å²) in [5.41, 5.74) is 0. The van der Waals surface area contributed by atoms with Gasteiger partial charge < -0.3 is 9.63 Å². The second-order valence-electron chi connectivity index (χ2n) is 3.59. The molecule has 6 heteroatoms. The predicted molar refractivity (Wildman–Crippen MR) is 65.4 cm³/mol. The minimum atomic E-state index is -0.497. The van der Waals surface area contributed by atoms with E-state index in [-0.39, 0.29) is 5.92 Å². The van der Waals surface area contributed by atoms with Crippen LogP contribution in [0.25, 0.3) is 10.7 Å². The molecule has 0 aliphatic heterocycles. The third kappa shape index (κ3) is 2.34. The molecule has 2 unspecified atom stereocenters. The molecule has 0 fully saturated rings. The zero-order chi connectivity index (χ0) is 11.7. The van der Waals surface area contributed by atoms with Gasteiger partial charge in [0.05, 0.1) is 20.7 Å². The summed E-state index contributed by atoms with van der Waals surface area (Å²) in [4.78, 5) is 5.21. The maximum Gasteiger partial charge on any atom is 0.232 e. The molecule has 0 amide bonds. The summed E-state index contributed by atoms with van der Waals surface area (Å²) in [6, 6.07) is 3.87. The first-order valence-electron chi connectivity index (χ1n) is 4.85. The van der Waals surface area contributed by atoms with E-state index in [1.165, 1.54) is 0 Å². The molecule has 0 spiro atoms. The van der Waals surface area contributed by atoms with Crippen molar-refractivity contribution in [2.75, 3.05) is 0 Å². The van der Waals surface area contributed by atoms with Crippen molar-refractivity contribution in [1.82, 2.24) is 10.1 Å². The number of rotatable bonds is 3. The molecule has 0 saturated heterocycles. The second kappa shape index (κ2) is 4.65. The van der Waals surface area contributed by atoms with E-state index >= 15 is 0 Å². The van der Waals surface area contributed by atoms with Gasteiger partial charge in [-0.15, -0.1) is 11.3 Å². The first-order valence-corrected chi connectivity index (χ1v) is 6.46. The lowest BCUT2D eigenvalue weighted by Crippen LogP contribution is -2.11. The van der Waals surface area contributed by atoms with Crippen LogP contribution in [0.15, 0.2) is 20.4 Å². The van der Waals surface area contributed by atoms with Gasteiger partial charge in [-0.1, -0.05) is 12.1 Å². The Morgan fingerprint density at radius 3 is 2.75 bits per heavy atom. The number of thiophene rings is 1. The molecule has 0 bridgehead atoms. The third-order valence-corrected chi connectivity index (χ3v) is 3.97. The number of halogens is 1. The van der Waals surface area contributed by atoms with Gasteiger partial charge in [0.2, 0.25) is 11.7 Å². The lowest BCUT2D eigenvalue weighted by Gasteiger charge is -2.07. The SMILES string of the molecule is CC(O)C(C)c1nc(-c2ccc(Br)s2)no1. The molecular weight excluding hydrogens is 292 g/mol. The van der Waals surface area contributed by atoms with Gasteiger partial charge in [0.15, 0.2) is 0 Å². The van der Waals surface area contributed by atoms with Crippen molar-refractivity contribution in [2.45, 2.75) is 25.9 Å². The topological polar surface area (TPSA) is 59.2 Å². The molecular formula is C10H11BrN2O2S. The predicted octanol–water partition coefficient (Wildman–Crippen LogP) is 3.04. The fraction of sp³-hybridized carbons (Fsp3) is 0.400. The Bertz CT molecular complexity index is 481. The Hall–Kier alpha value is -0.720. The van der Waals surface area contributed by atoms with Crippen LogP contribution in [0.3, 0.4) is 0 Å². The number of aliphatic hydroxyl groups is 1. The summed E-state index contributed by atoms with van der Waals surface area (Å²) >= 11 is 4.92. The molecule has 2 heterocycles. The molecule has 2 rings (SSSR count). The molecule has 0 saturated carbocycles. The fourth-order valence-corrected chi connectivity index (χ4v) is 2.47. The molecule has 2 atom stereocenters. The summed E-state index contributed by atoms with van der Waals surface area (Å²) in [7, 11) is 0.